The first-order valence-electron chi connectivity index (χ1n) is 12.1. The van der Waals surface area contributed by atoms with Crippen molar-refractivity contribution in [3.8, 4) is 17.2 Å². The minimum Gasteiger partial charge on any atom is -0.494 e. The van der Waals surface area contributed by atoms with Crippen LogP contribution in [-0.4, -0.2) is 52.0 Å². The maximum Gasteiger partial charge on any atom is 0.243 e. The number of carbonyl (C=O) groups excluding carboxylic acids is 1. The van der Waals surface area contributed by atoms with Crippen LogP contribution in [0.5, 0.6) is 17.2 Å². The Labute approximate surface area is 208 Å². The fourth-order valence-electron chi connectivity index (χ4n) is 4.42. The molecule has 1 aliphatic rings. The van der Waals surface area contributed by atoms with Crippen molar-refractivity contribution in [2.45, 2.75) is 62.9 Å². The third kappa shape index (κ3) is 6.67. The molecule has 1 N–H and O–H groups in total. The number of nitrogens with one attached hydrogen (secondary N) is 1. The van der Waals surface area contributed by atoms with Gasteiger partial charge in [-0.3, -0.25) is 4.79 Å². The second-order valence-corrected chi connectivity index (χ2v) is 10.5. The maximum absolute atomic E-state index is 13.6. The van der Waals surface area contributed by atoms with Crippen LogP contribution in [0.2, 0.25) is 0 Å². The van der Waals surface area contributed by atoms with Crippen molar-refractivity contribution in [3.05, 3.63) is 48.0 Å². The van der Waals surface area contributed by atoms with Gasteiger partial charge in [-0.2, -0.15) is 4.31 Å². The average Bonchev–Trinajstić information content (AvgIpc) is 2.87. The zero-order chi connectivity index (χ0) is 25.4. The van der Waals surface area contributed by atoms with Gasteiger partial charge >= 0.3 is 0 Å². The summed E-state index contributed by atoms with van der Waals surface area (Å²) in [5.41, 5.74) is 0.828. The van der Waals surface area contributed by atoms with Gasteiger partial charge in [0, 0.05) is 6.04 Å². The lowest BCUT2D eigenvalue weighted by atomic mass is 9.95. The minimum absolute atomic E-state index is 0.160. The van der Waals surface area contributed by atoms with Crippen LogP contribution in [-0.2, 0) is 14.8 Å². The van der Waals surface area contributed by atoms with Gasteiger partial charge in [-0.05, 0) is 68.7 Å². The SMILES string of the molecule is CCOc1ccc(S(=O)(=O)N(CC(=O)N[C@H](C)c2ccc(OC)c(OC)c2)C2CCCCC2)cc1. The number of amides is 1. The van der Waals surface area contributed by atoms with Gasteiger partial charge in [0.1, 0.15) is 5.75 Å². The number of carbonyl (C=O) groups is 1. The summed E-state index contributed by atoms with van der Waals surface area (Å²) in [7, 11) is -0.750. The molecule has 1 saturated carbocycles. The molecule has 0 aromatic heterocycles. The van der Waals surface area contributed by atoms with Crippen LogP contribution in [0.15, 0.2) is 47.4 Å². The summed E-state index contributed by atoms with van der Waals surface area (Å²) in [4.78, 5) is 13.2. The van der Waals surface area contributed by atoms with E-state index in [-0.39, 0.29) is 29.4 Å². The Morgan fingerprint density at radius 2 is 1.69 bits per heavy atom. The van der Waals surface area contributed by atoms with E-state index in [2.05, 4.69) is 5.32 Å². The van der Waals surface area contributed by atoms with Crippen LogP contribution < -0.4 is 19.5 Å². The van der Waals surface area contributed by atoms with Crippen LogP contribution in [0.4, 0.5) is 0 Å². The van der Waals surface area contributed by atoms with Gasteiger partial charge in [0.25, 0.3) is 0 Å². The number of methoxy groups -OCH3 is 2. The number of nitrogens with zero attached hydrogens (tertiary/aromatic N) is 1. The molecule has 35 heavy (non-hydrogen) atoms. The molecular weight excluding hydrogens is 468 g/mol. The Bertz CT molecular complexity index is 1080. The van der Waals surface area contributed by atoms with Gasteiger partial charge in [-0.15, -0.1) is 0 Å². The van der Waals surface area contributed by atoms with E-state index in [1.165, 1.54) is 4.31 Å². The maximum atomic E-state index is 13.6. The summed E-state index contributed by atoms with van der Waals surface area (Å²) in [5, 5.41) is 2.94. The first kappa shape index (κ1) is 26.8. The molecule has 0 spiro atoms. The molecular formula is C26H36N2O6S. The number of sulfonamides is 1. The number of hydrogen-bond acceptors (Lipinski definition) is 6. The highest BCUT2D eigenvalue weighted by atomic mass is 32.2. The molecule has 0 aliphatic heterocycles. The highest BCUT2D eigenvalue weighted by molar-refractivity contribution is 7.89. The van der Waals surface area contributed by atoms with Crippen molar-refractivity contribution < 1.29 is 27.4 Å². The van der Waals surface area contributed by atoms with Gasteiger partial charge in [0.15, 0.2) is 11.5 Å². The van der Waals surface area contributed by atoms with Gasteiger partial charge in [0.05, 0.1) is 38.3 Å². The molecule has 0 heterocycles. The van der Waals surface area contributed by atoms with Crippen LogP contribution in [0.25, 0.3) is 0 Å². The summed E-state index contributed by atoms with van der Waals surface area (Å²) in [6.07, 6.45) is 4.47. The van der Waals surface area contributed by atoms with Gasteiger partial charge in [-0.25, -0.2) is 8.42 Å². The molecule has 0 bridgehead atoms. The molecule has 9 heteroatoms. The normalized spacial score (nSPS) is 15.5. The molecule has 1 aliphatic carbocycles. The standard InChI is InChI=1S/C26H36N2O6S/c1-5-34-22-12-14-23(15-13-22)35(30,31)28(21-9-7-6-8-10-21)18-26(29)27-19(2)20-11-16-24(32-3)25(17-20)33-4/h11-17,19,21H,5-10,18H2,1-4H3,(H,27,29)/t19-/m1/s1. The molecule has 2 aromatic carbocycles. The lowest BCUT2D eigenvalue weighted by Gasteiger charge is -2.33. The molecule has 8 nitrogen and oxygen atoms in total. The fraction of sp³-hybridized carbons (Fsp3) is 0.500. The molecule has 3 rings (SSSR count). The zero-order valence-electron chi connectivity index (χ0n) is 21.0. The van der Waals surface area contributed by atoms with E-state index in [1.54, 1.807) is 50.6 Å². The zero-order valence-corrected chi connectivity index (χ0v) is 21.8. The van der Waals surface area contributed by atoms with Crippen LogP contribution in [0.1, 0.15) is 57.6 Å². The summed E-state index contributed by atoms with van der Waals surface area (Å²) >= 11 is 0. The topological polar surface area (TPSA) is 94.2 Å². The van der Waals surface area contributed by atoms with Crippen molar-refractivity contribution in [1.29, 1.82) is 0 Å². The Kier molecular flexibility index (Phi) is 9.40. The number of benzene rings is 2. The van der Waals surface area contributed by atoms with Gasteiger partial charge < -0.3 is 19.5 Å². The Balaban J connectivity index is 1.79. The highest BCUT2D eigenvalue weighted by Crippen LogP contribution is 2.31. The summed E-state index contributed by atoms with van der Waals surface area (Å²) in [6, 6.07) is 11.3. The number of ether oxygens (including phenoxy) is 3. The van der Waals surface area contributed by atoms with E-state index >= 15 is 0 Å². The number of rotatable bonds is 11. The molecule has 1 fully saturated rings. The quantitative estimate of drug-likeness (QED) is 0.490. The Morgan fingerprint density at radius 3 is 2.29 bits per heavy atom. The lowest BCUT2D eigenvalue weighted by Crippen LogP contribution is -2.47. The van der Waals surface area contributed by atoms with Crippen LogP contribution in [0.3, 0.4) is 0 Å². The Hall–Kier alpha value is -2.78. The number of hydrogen-bond donors (Lipinski definition) is 1. The molecule has 2 aromatic rings. The highest BCUT2D eigenvalue weighted by Gasteiger charge is 2.34. The van der Waals surface area contributed by atoms with Crippen molar-refractivity contribution in [2.75, 3.05) is 27.4 Å². The predicted molar refractivity (Wildman–Crippen MR) is 134 cm³/mol. The third-order valence-electron chi connectivity index (χ3n) is 6.31. The van der Waals surface area contributed by atoms with Crippen molar-refractivity contribution in [2.24, 2.45) is 0 Å². The fourth-order valence-corrected chi connectivity index (χ4v) is 6.06. The van der Waals surface area contributed by atoms with E-state index in [0.29, 0.717) is 23.9 Å². The molecule has 0 saturated heterocycles. The summed E-state index contributed by atoms with van der Waals surface area (Å²) < 4.78 is 44.7. The second kappa shape index (κ2) is 12.3. The molecule has 192 valence electrons. The van der Waals surface area contributed by atoms with Crippen LogP contribution >= 0.6 is 0 Å². The molecule has 1 atom stereocenters. The minimum atomic E-state index is -3.87. The van der Waals surface area contributed by atoms with Gasteiger partial charge in [-0.1, -0.05) is 25.3 Å². The summed E-state index contributed by atoms with van der Waals surface area (Å²) in [5.74, 6) is 1.41. The van der Waals surface area contributed by atoms with E-state index < -0.39 is 10.0 Å². The average molecular weight is 505 g/mol. The first-order chi connectivity index (χ1) is 16.8. The first-order valence-corrected chi connectivity index (χ1v) is 13.5. The molecule has 1 amide bonds. The van der Waals surface area contributed by atoms with Crippen molar-refractivity contribution in [3.63, 3.8) is 0 Å². The molecule has 0 radical (unpaired) electrons. The lowest BCUT2D eigenvalue weighted by molar-refractivity contribution is -0.122. The smallest absolute Gasteiger partial charge is 0.243 e. The monoisotopic (exact) mass is 504 g/mol. The van der Waals surface area contributed by atoms with E-state index in [4.69, 9.17) is 14.2 Å². The van der Waals surface area contributed by atoms with Crippen LogP contribution in [0, 0.1) is 0 Å². The largest absolute Gasteiger partial charge is 0.494 e. The summed E-state index contributed by atoms with van der Waals surface area (Å²) in [6.45, 7) is 3.98. The van der Waals surface area contributed by atoms with E-state index in [9.17, 15) is 13.2 Å². The predicted octanol–water partition coefficient (Wildman–Crippen LogP) is 4.30. The second-order valence-electron chi connectivity index (χ2n) is 8.65. The van der Waals surface area contributed by atoms with E-state index in [0.717, 1.165) is 37.7 Å². The van der Waals surface area contributed by atoms with Gasteiger partial charge in [0.2, 0.25) is 15.9 Å². The van der Waals surface area contributed by atoms with Crippen molar-refractivity contribution in [1.82, 2.24) is 9.62 Å². The third-order valence-corrected chi connectivity index (χ3v) is 8.22. The van der Waals surface area contributed by atoms with Crippen molar-refractivity contribution >= 4 is 15.9 Å². The Morgan fingerprint density at radius 1 is 1.03 bits per heavy atom. The van der Waals surface area contributed by atoms with E-state index in [1.807, 2.05) is 19.9 Å². The molecule has 0 unspecified atom stereocenters.